The van der Waals surface area contributed by atoms with Gasteiger partial charge in [-0.3, -0.25) is 10.1 Å². The maximum absolute atomic E-state index is 12.8. The zero-order valence-corrected chi connectivity index (χ0v) is 15.7. The van der Waals surface area contributed by atoms with E-state index in [1.807, 2.05) is 31.2 Å². The average molecular weight is 396 g/mol. The van der Waals surface area contributed by atoms with Gasteiger partial charge >= 0.3 is 12.0 Å². The van der Waals surface area contributed by atoms with Crippen molar-refractivity contribution in [3.8, 4) is 5.75 Å². The van der Waals surface area contributed by atoms with E-state index in [2.05, 4.69) is 10.6 Å². The number of hydrogen-bond donors (Lipinski definition) is 2. The van der Waals surface area contributed by atoms with E-state index in [1.165, 1.54) is 13.0 Å². The summed E-state index contributed by atoms with van der Waals surface area (Å²) in [5.74, 6) is -1.45. The third-order valence-corrected chi connectivity index (χ3v) is 4.49. The van der Waals surface area contributed by atoms with Crippen LogP contribution in [0.25, 0.3) is 0 Å². The minimum absolute atomic E-state index is 0.0240. The SMILES string of the molecule is CC1=C(C(=O)OCc2ccc(C)cc2)[C@H](c2ccc([O-])c([N+](=O)[O-])c2)NC(=O)N1. The Hall–Kier alpha value is -3.88. The summed E-state index contributed by atoms with van der Waals surface area (Å²) in [7, 11) is 0. The first-order chi connectivity index (χ1) is 13.8. The van der Waals surface area contributed by atoms with Crippen LogP contribution in [0, 0.1) is 17.0 Å². The molecule has 1 atom stereocenters. The second-order valence-electron chi connectivity index (χ2n) is 6.62. The fraction of sp³-hybridized carbons (Fsp3) is 0.200. The van der Waals surface area contributed by atoms with Gasteiger partial charge in [0.25, 0.3) is 5.69 Å². The first-order valence-electron chi connectivity index (χ1n) is 8.72. The van der Waals surface area contributed by atoms with Gasteiger partial charge in [-0.25, -0.2) is 9.59 Å². The molecule has 29 heavy (non-hydrogen) atoms. The Morgan fingerprint density at radius 3 is 2.52 bits per heavy atom. The molecule has 0 unspecified atom stereocenters. The summed E-state index contributed by atoms with van der Waals surface area (Å²) in [6, 6.07) is 9.31. The molecule has 1 aliphatic heterocycles. The summed E-state index contributed by atoms with van der Waals surface area (Å²) in [6.07, 6.45) is 0. The maximum atomic E-state index is 12.8. The minimum atomic E-state index is -0.992. The topological polar surface area (TPSA) is 134 Å². The average Bonchev–Trinajstić information content (AvgIpc) is 2.67. The number of carbonyl (C=O) groups excluding carboxylic acids is 2. The number of urea groups is 1. The standard InChI is InChI=1S/C20H19N3O6/c1-11-3-5-13(6-4-11)10-29-19(25)17-12(2)21-20(26)22-18(17)14-7-8-16(24)15(9-14)23(27)28/h3-9,18,24H,10H2,1-2H3,(H2,21,22,26)/p-1/t18-/m0/s1. The van der Waals surface area contributed by atoms with Gasteiger partial charge in [0.05, 0.1) is 16.5 Å². The molecule has 0 saturated carbocycles. The number of nitrogens with one attached hydrogen (secondary N) is 2. The predicted octanol–water partition coefficient (Wildman–Crippen LogP) is 2.35. The van der Waals surface area contributed by atoms with Crippen LogP contribution in [0.15, 0.2) is 53.7 Å². The van der Waals surface area contributed by atoms with Crippen LogP contribution in [0.1, 0.15) is 29.7 Å². The summed E-state index contributed by atoms with van der Waals surface area (Å²) < 4.78 is 5.38. The number of esters is 1. The van der Waals surface area contributed by atoms with Gasteiger partial charge in [0.2, 0.25) is 0 Å². The van der Waals surface area contributed by atoms with E-state index < -0.39 is 34.4 Å². The van der Waals surface area contributed by atoms with Crippen molar-refractivity contribution in [2.24, 2.45) is 0 Å². The normalized spacial score (nSPS) is 16.1. The molecule has 2 aromatic rings. The number of hydrogen-bond acceptors (Lipinski definition) is 6. The number of benzene rings is 2. The third kappa shape index (κ3) is 4.34. The fourth-order valence-electron chi connectivity index (χ4n) is 2.98. The lowest BCUT2D eigenvalue weighted by Crippen LogP contribution is -2.45. The van der Waals surface area contributed by atoms with Crippen LogP contribution < -0.4 is 15.7 Å². The van der Waals surface area contributed by atoms with Crippen LogP contribution in [0.4, 0.5) is 10.5 Å². The van der Waals surface area contributed by atoms with Crippen molar-refractivity contribution in [1.82, 2.24) is 10.6 Å². The number of ether oxygens (including phenoxy) is 1. The minimum Gasteiger partial charge on any atom is -0.868 e. The smallest absolute Gasteiger partial charge is 0.338 e. The second-order valence-corrected chi connectivity index (χ2v) is 6.62. The highest BCUT2D eigenvalue weighted by Crippen LogP contribution is 2.32. The van der Waals surface area contributed by atoms with Crippen LogP contribution in [0.2, 0.25) is 0 Å². The van der Waals surface area contributed by atoms with Crippen molar-refractivity contribution in [1.29, 1.82) is 0 Å². The summed E-state index contributed by atoms with van der Waals surface area (Å²) in [4.78, 5) is 35.0. The molecule has 0 aromatic heterocycles. The molecule has 1 aliphatic rings. The van der Waals surface area contributed by atoms with E-state index in [1.54, 1.807) is 0 Å². The number of aryl methyl sites for hydroxylation is 1. The first-order valence-corrected chi connectivity index (χ1v) is 8.72. The number of amides is 2. The van der Waals surface area contributed by atoms with Crippen LogP contribution >= 0.6 is 0 Å². The molecule has 1 heterocycles. The third-order valence-electron chi connectivity index (χ3n) is 4.49. The number of nitro benzene ring substituents is 1. The molecule has 2 amide bonds. The van der Waals surface area contributed by atoms with E-state index >= 15 is 0 Å². The van der Waals surface area contributed by atoms with Gasteiger partial charge in [-0.1, -0.05) is 42.0 Å². The fourth-order valence-corrected chi connectivity index (χ4v) is 2.98. The van der Waals surface area contributed by atoms with E-state index in [4.69, 9.17) is 4.74 Å². The molecule has 0 saturated heterocycles. The number of carbonyl (C=O) groups is 2. The molecule has 3 rings (SSSR count). The van der Waals surface area contributed by atoms with Crippen molar-refractivity contribution in [3.05, 3.63) is 80.5 Å². The van der Waals surface area contributed by atoms with E-state index in [9.17, 15) is 24.8 Å². The van der Waals surface area contributed by atoms with Gasteiger partial charge in [0.1, 0.15) is 6.61 Å². The van der Waals surface area contributed by atoms with Gasteiger partial charge in [-0.15, -0.1) is 0 Å². The van der Waals surface area contributed by atoms with E-state index in [-0.39, 0.29) is 23.4 Å². The Morgan fingerprint density at radius 1 is 1.17 bits per heavy atom. The molecule has 0 spiro atoms. The monoisotopic (exact) mass is 396 g/mol. The highest BCUT2D eigenvalue weighted by Gasteiger charge is 2.33. The lowest BCUT2D eigenvalue weighted by atomic mass is 9.95. The zero-order valence-electron chi connectivity index (χ0n) is 15.7. The molecule has 0 bridgehead atoms. The highest BCUT2D eigenvalue weighted by atomic mass is 16.6. The predicted molar refractivity (Wildman–Crippen MR) is 101 cm³/mol. The van der Waals surface area contributed by atoms with Crippen LogP contribution in [0.3, 0.4) is 0 Å². The van der Waals surface area contributed by atoms with Crippen molar-refractivity contribution in [2.45, 2.75) is 26.5 Å². The molecule has 9 nitrogen and oxygen atoms in total. The zero-order chi connectivity index (χ0) is 21.1. The summed E-state index contributed by atoms with van der Waals surface area (Å²) in [6.45, 7) is 3.50. The van der Waals surface area contributed by atoms with Gasteiger partial charge in [-0.05, 0) is 30.7 Å². The summed E-state index contributed by atoms with van der Waals surface area (Å²) in [5.41, 5.74) is 1.82. The van der Waals surface area contributed by atoms with Gasteiger partial charge in [-0.2, -0.15) is 0 Å². The summed E-state index contributed by atoms with van der Waals surface area (Å²) in [5, 5.41) is 27.8. The number of allylic oxidation sites excluding steroid dienone is 1. The molecule has 0 radical (unpaired) electrons. The largest absolute Gasteiger partial charge is 0.868 e. The Balaban J connectivity index is 1.89. The van der Waals surface area contributed by atoms with Crippen LogP contribution in [-0.4, -0.2) is 16.9 Å². The van der Waals surface area contributed by atoms with Gasteiger partial charge in [0.15, 0.2) is 0 Å². The molecule has 9 heteroatoms. The Kier molecular flexibility index (Phi) is 5.49. The Bertz CT molecular complexity index is 1010. The van der Waals surface area contributed by atoms with Gasteiger partial charge in [0, 0.05) is 11.8 Å². The number of rotatable bonds is 5. The Morgan fingerprint density at radius 2 is 1.86 bits per heavy atom. The van der Waals surface area contributed by atoms with Crippen molar-refractivity contribution in [3.63, 3.8) is 0 Å². The molecule has 2 N–H and O–H groups in total. The summed E-state index contributed by atoms with van der Waals surface area (Å²) >= 11 is 0. The molecule has 0 fully saturated rings. The number of nitro groups is 1. The van der Waals surface area contributed by atoms with Gasteiger partial charge < -0.3 is 20.5 Å². The molecule has 2 aromatic carbocycles. The molecule has 150 valence electrons. The maximum Gasteiger partial charge on any atom is 0.338 e. The quantitative estimate of drug-likeness (QED) is 0.453. The lowest BCUT2D eigenvalue weighted by Gasteiger charge is -2.28. The van der Waals surface area contributed by atoms with E-state index in [0.29, 0.717) is 0 Å². The van der Waals surface area contributed by atoms with Crippen molar-refractivity contribution < 1.29 is 24.4 Å². The molecular formula is C20H18N3O6-. The number of nitrogens with zero attached hydrogens (tertiary/aromatic N) is 1. The van der Waals surface area contributed by atoms with Crippen LogP contribution in [0.5, 0.6) is 5.75 Å². The molecule has 0 aliphatic carbocycles. The van der Waals surface area contributed by atoms with Crippen molar-refractivity contribution in [2.75, 3.05) is 0 Å². The van der Waals surface area contributed by atoms with Crippen LogP contribution in [-0.2, 0) is 16.1 Å². The Labute approximate surface area is 166 Å². The lowest BCUT2D eigenvalue weighted by molar-refractivity contribution is -0.398. The van der Waals surface area contributed by atoms with E-state index in [0.717, 1.165) is 23.3 Å². The first kappa shape index (κ1) is 19.9. The molecular weight excluding hydrogens is 378 g/mol. The highest BCUT2D eigenvalue weighted by molar-refractivity contribution is 5.95. The van der Waals surface area contributed by atoms with Crippen molar-refractivity contribution >= 4 is 17.7 Å². The second kappa shape index (κ2) is 8.01.